The summed E-state index contributed by atoms with van der Waals surface area (Å²) < 4.78 is 3.37. The molecule has 1 saturated heterocycles. The standard InChI is InChI=1S/C26H24BrN5S/c1-17-14-20(18(2)32(17)23-11-4-3-9-21(23)27)25-24(22-10-5-6-13-29-22)30-26(33)31(25)16-19-8-7-12-28-15-19/h3-15,24-25H,16H2,1-2H3,(H,30,33)/t24-,25+/m1/s1. The molecule has 0 spiro atoms. The Morgan fingerprint density at radius 3 is 2.58 bits per heavy atom. The van der Waals surface area contributed by atoms with Crippen LogP contribution in [0.1, 0.15) is 40.3 Å². The lowest BCUT2D eigenvalue weighted by Crippen LogP contribution is -2.29. The maximum atomic E-state index is 5.84. The molecule has 0 amide bonds. The maximum Gasteiger partial charge on any atom is 0.170 e. The minimum Gasteiger partial charge on any atom is -0.352 e. The van der Waals surface area contributed by atoms with Gasteiger partial charge in [0.25, 0.3) is 0 Å². The Morgan fingerprint density at radius 1 is 1.03 bits per heavy atom. The highest BCUT2D eigenvalue weighted by Gasteiger charge is 2.41. The summed E-state index contributed by atoms with van der Waals surface area (Å²) in [7, 11) is 0. The zero-order valence-electron chi connectivity index (χ0n) is 18.4. The quantitative estimate of drug-likeness (QED) is 0.338. The number of nitrogens with one attached hydrogen (secondary N) is 1. The van der Waals surface area contributed by atoms with Gasteiger partial charge in [0.1, 0.15) is 0 Å². The molecule has 4 aromatic rings. The molecule has 4 heterocycles. The van der Waals surface area contributed by atoms with Crippen molar-refractivity contribution < 1.29 is 0 Å². The van der Waals surface area contributed by atoms with Crippen molar-refractivity contribution in [3.8, 4) is 5.69 Å². The van der Waals surface area contributed by atoms with Crippen molar-refractivity contribution in [3.05, 3.63) is 112 Å². The number of para-hydroxylation sites is 1. The van der Waals surface area contributed by atoms with Crippen LogP contribution in [-0.2, 0) is 6.54 Å². The van der Waals surface area contributed by atoms with E-state index in [1.54, 1.807) is 6.20 Å². The van der Waals surface area contributed by atoms with Crippen LogP contribution in [0.2, 0.25) is 0 Å². The number of hydrogen-bond acceptors (Lipinski definition) is 3. The molecular weight excluding hydrogens is 494 g/mol. The summed E-state index contributed by atoms with van der Waals surface area (Å²) >= 11 is 9.57. The van der Waals surface area contributed by atoms with E-state index in [1.165, 1.54) is 17.0 Å². The van der Waals surface area contributed by atoms with E-state index in [-0.39, 0.29) is 12.1 Å². The predicted molar refractivity (Wildman–Crippen MR) is 138 cm³/mol. The normalized spacial score (nSPS) is 17.9. The molecule has 5 rings (SSSR count). The Labute approximate surface area is 207 Å². The molecule has 0 radical (unpaired) electrons. The molecule has 0 aliphatic carbocycles. The summed E-state index contributed by atoms with van der Waals surface area (Å²) in [4.78, 5) is 11.2. The minimum absolute atomic E-state index is 0.00459. The number of benzene rings is 1. The summed E-state index contributed by atoms with van der Waals surface area (Å²) in [6.45, 7) is 5.01. The van der Waals surface area contributed by atoms with E-state index < -0.39 is 0 Å². The number of halogens is 1. The van der Waals surface area contributed by atoms with Gasteiger partial charge in [-0.05, 0) is 89.5 Å². The number of nitrogens with zero attached hydrogens (tertiary/aromatic N) is 4. The molecule has 1 aliphatic rings. The summed E-state index contributed by atoms with van der Waals surface area (Å²) in [5, 5.41) is 4.28. The zero-order valence-corrected chi connectivity index (χ0v) is 20.8. The zero-order chi connectivity index (χ0) is 22.9. The first-order chi connectivity index (χ1) is 16.0. The van der Waals surface area contributed by atoms with Crippen LogP contribution in [0.3, 0.4) is 0 Å². The first-order valence-electron chi connectivity index (χ1n) is 10.9. The topological polar surface area (TPSA) is 46.0 Å². The van der Waals surface area contributed by atoms with Gasteiger partial charge in [0.2, 0.25) is 0 Å². The van der Waals surface area contributed by atoms with E-state index in [0.717, 1.165) is 26.5 Å². The molecule has 166 valence electrons. The second kappa shape index (κ2) is 9.08. The second-order valence-electron chi connectivity index (χ2n) is 8.23. The maximum absolute atomic E-state index is 5.84. The number of rotatable bonds is 5. The van der Waals surface area contributed by atoms with Gasteiger partial charge in [0, 0.05) is 41.0 Å². The molecule has 1 aliphatic heterocycles. The number of hydrogen-bond donors (Lipinski definition) is 1. The third kappa shape index (κ3) is 4.07. The van der Waals surface area contributed by atoms with Gasteiger partial charge in [0.05, 0.1) is 23.5 Å². The third-order valence-electron chi connectivity index (χ3n) is 6.16. The number of aromatic nitrogens is 3. The molecule has 7 heteroatoms. The number of aryl methyl sites for hydroxylation is 1. The molecule has 1 fully saturated rings. The van der Waals surface area contributed by atoms with Gasteiger partial charge in [-0.1, -0.05) is 24.3 Å². The fourth-order valence-corrected chi connectivity index (χ4v) is 5.46. The smallest absolute Gasteiger partial charge is 0.170 e. The van der Waals surface area contributed by atoms with Gasteiger partial charge in [-0.3, -0.25) is 9.97 Å². The molecule has 1 aromatic carbocycles. The van der Waals surface area contributed by atoms with Crippen LogP contribution in [0.4, 0.5) is 0 Å². The number of pyridine rings is 2. The van der Waals surface area contributed by atoms with Gasteiger partial charge >= 0.3 is 0 Å². The summed E-state index contributed by atoms with van der Waals surface area (Å²) in [5.41, 5.74) is 6.81. The largest absolute Gasteiger partial charge is 0.352 e. The van der Waals surface area contributed by atoms with Crippen molar-refractivity contribution in [3.63, 3.8) is 0 Å². The van der Waals surface area contributed by atoms with Crippen molar-refractivity contribution in [2.45, 2.75) is 32.5 Å². The van der Waals surface area contributed by atoms with Crippen LogP contribution < -0.4 is 5.32 Å². The first-order valence-corrected chi connectivity index (χ1v) is 12.1. The van der Waals surface area contributed by atoms with Crippen LogP contribution in [-0.4, -0.2) is 24.5 Å². The van der Waals surface area contributed by atoms with Crippen molar-refractivity contribution in [1.82, 2.24) is 24.8 Å². The van der Waals surface area contributed by atoms with E-state index in [2.05, 4.69) is 90.9 Å². The van der Waals surface area contributed by atoms with Crippen LogP contribution in [0, 0.1) is 13.8 Å². The van der Waals surface area contributed by atoms with E-state index in [0.29, 0.717) is 6.54 Å². The Morgan fingerprint density at radius 2 is 1.85 bits per heavy atom. The predicted octanol–water partition coefficient (Wildman–Crippen LogP) is 5.82. The van der Waals surface area contributed by atoms with Gasteiger partial charge < -0.3 is 14.8 Å². The van der Waals surface area contributed by atoms with Crippen LogP contribution in [0.25, 0.3) is 5.69 Å². The van der Waals surface area contributed by atoms with E-state index in [1.807, 2.05) is 36.7 Å². The fraction of sp³-hybridized carbons (Fsp3) is 0.192. The Hall–Kier alpha value is -3.03. The molecule has 33 heavy (non-hydrogen) atoms. The fourth-order valence-electron chi connectivity index (χ4n) is 4.69. The van der Waals surface area contributed by atoms with Crippen LogP contribution in [0.5, 0.6) is 0 Å². The third-order valence-corrected chi connectivity index (χ3v) is 7.18. The highest BCUT2D eigenvalue weighted by atomic mass is 79.9. The average Bonchev–Trinajstić information content (AvgIpc) is 3.30. The molecule has 5 nitrogen and oxygen atoms in total. The monoisotopic (exact) mass is 517 g/mol. The number of thiocarbonyl (C=S) groups is 1. The van der Waals surface area contributed by atoms with Gasteiger partial charge in [0.15, 0.2) is 5.11 Å². The molecule has 0 unspecified atom stereocenters. The summed E-state index contributed by atoms with van der Waals surface area (Å²) in [6.07, 6.45) is 5.53. The second-order valence-corrected chi connectivity index (χ2v) is 9.47. The van der Waals surface area contributed by atoms with E-state index in [9.17, 15) is 0 Å². The molecule has 0 bridgehead atoms. The first kappa shape index (κ1) is 21.8. The molecule has 0 saturated carbocycles. The van der Waals surface area contributed by atoms with Crippen molar-refractivity contribution in [2.75, 3.05) is 0 Å². The van der Waals surface area contributed by atoms with Crippen LogP contribution >= 0.6 is 28.1 Å². The summed E-state index contributed by atoms with van der Waals surface area (Å²) in [5.74, 6) is 0. The molecule has 3 aromatic heterocycles. The average molecular weight is 518 g/mol. The lowest BCUT2D eigenvalue weighted by Gasteiger charge is -2.28. The highest BCUT2D eigenvalue weighted by molar-refractivity contribution is 9.10. The summed E-state index contributed by atoms with van der Waals surface area (Å²) in [6, 6.07) is 20.6. The van der Waals surface area contributed by atoms with Crippen molar-refractivity contribution in [2.24, 2.45) is 0 Å². The van der Waals surface area contributed by atoms with Gasteiger partial charge in [-0.15, -0.1) is 0 Å². The Kier molecular flexibility index (Phi) is 6.00. The molecular formula is C26H24BrN5S. The molecule has 1 N–H and O–H groups in total. The molecule has 2 atom stereocenters. The van der Waals surface area contributed by atoms with Gasteiger partial charge in [-0.2, -0.15) is 0 Å². The van der Waals surface area contributed by atoms with E-state index in [4.69, 9.17) is 12.2 Å². The van der Waals surface area contributed by atoms with Crippen LogP contribution in [0.15, 0.2) is 83.7 Å². The Balaban J connectivity index is 1.63. The lowest BCUT2D eigenvalue weighted by molar-refractivity contribution is 0.310. The minimum atomic E-state index is -0.0523. The highest BCUT2D eigenvalue weighted by Crippen LogP contribution is 2.42. The van der Waals surface area contributed by atoms with E-state index >= 15 is 0 Å². The van der Waals surface area contributed by atoms with Gasteiger partial charge in [-0.25, -0.2) is 0 Å². The van der Waals surface area contributed by atoms with Crippen molar-refractivity contribution in [1.29, 1.82) is 0 Å². The Bertz CT molecular complexity index is 1290. The van der Waals surface area contributed by atoms with Crippen molar-refractivity contribution >= 4 is 33.3 Å². The lowest BCUT2D eigenvalue weighted by atomic mass is 9.96. The SMILES string of the molecule is Cc1cc([C@H]2[C@@H](c3ccccn3)NC(=S)N2Cc2cccnc2)c(C)n1-c1ccccc1Br.